The molecule has 124 valence electrons. The average molecular weight is 387 g/mol. The Hall–Kier alpha value is -1.84. The van der Waals surface area contributed by atoms with E-state index in [1.54, 1.807) is 0 Å². The van der Waals surface area contributed by atoms with Crippen LogP contribution in [0.3, 0.4) is 0 Å². The van der Waals surface area contributed by atoms with Gasteiger partial charge >= 0.3 is 0 Å². The molecule has 2 aromatic rings. The molecule has 0 N–H and O–H groups in total. The van der Waals surface area contributed by atoms with Gasteiger partial charge in [0.25, 0.3) is 0 Å². The van der Waals surface area contributed by atoms with Gasteiger partial charge in [-0.1, -0.05) is 28.1 Å². The van der Waals surface area contributed by atoms with Crippen LogP contribution in [0.2, 0.25) is 0 Å². The number of rotatable bonds is 4. The first-order valence-corrected chi connectivity index (χ1v) is 9.15. The SMILES string of the molecule is N#Cc1nc(C2CC2)oc1N1CCN(Cc2ccc(Br)cc2)CC1. The Bertz CT molecular complexity index is 752. The minimum absolute atomic E-state index is 0.435. The Morgan fingerprint density at radius 2 is 1.88 bits per heavy atom. The topological polar surface area (TPSA) is 56.3 Å². The van der Waals surface area contributed by atoms with E-state index in [2.05, 4.69) is 61.0 Å². The zero-order valence-electron chi connectivity index (χ0n) is 13.4. The molecule has 0 amide bonds. The number of anilines is 1. The highest BCUT2D eigenvalue weighted by atomic mass is 79.9. The molecule has 6 heteroatoms. The summed E-state index contributed by atoms with van der Waals surface area (Å²) in [5.41, 5.74) is 1.76. The minimum Gasteiger partial charge on any atom is -0.423 e. The highest BCUT2D eigenvalue weighted by Crippen LogP contribution is 2.41. The third-order valence-corrected chi connectivity index (χ3v) is 5.17. The van der Waals surface area contributed by atoms with E-state index in [4.69, 9.17) is 4.42 Å². The highest BCUT2D eigenvalue weighted by molar-refractivity contribution is 9.10. The largest absolute Gasteiger partial charge is 0.423 e. The van der Waals surface area contributed by atoms with Crippen LogP contribution >= 0.6 is 15.9 Å². The van der Waals surface area contributed by atoms with Gasteiger partial charge in [0.1, 0.15) is 6.07 Å². The van der Waals surface area contributed by atoms with Crippen molar-refractivity contribution in [2.75, 3.05) is 31.1 Å². The predicted molar refractivity (Wildman–Crippen MR) is 94.8 cm³/mol. The number of aromatic nitrogens is 1. The first-order chi connectivity index (χ1) is 11.7. The van der Waals surface area contributed by atoms with Gasteiger partial charge in [-0.15, -0.1) is 0 Å². The Balaban J connectivity index is 1.39. The van der Waals surface area contributed by atoms with Gasteiger partial charge < -0.3 is 9.32 Å². The fraction of sp³-hybridized carbons (Fsp3) is 0.444. The molecule has 2 fully saturated rings. The zero-order valence-corrected chi connectivity index (χ0v) is 15.0. The first kappa shape index (κ1) is 15.7. The lowest BCUT2D eigenvalue weighted by atomic mass is 10.2. The summed E-state index contributed by atoms with van der Waals surface area (Å²) in [6, 6.07) is 10.7. The second-order valence-electron chi connectivity index (χ2n) is 6.48. The molecule has 2 aliphatic rings. The molecule has 1 saturated heterocycles. The molecule has 0 radical (unpaired) electrons. The number of benzene rings is 1. The Morgan fingerprint density at radius 3 is 2.50 bits per heavy atom. The highest BCUT2D eigenvalue weighted by Gasteiger charge is 2.32. The van der Waals surface area contributed by atoms with Gasteiger partial charge in [-0.25, -0.2) is 4.98 Å². The molecular formula is C18H19BrN4O. The molecule has 0 bridgehead atoms. The summed E-state index contributed by atoms with van der Waals surface area (Å²) in [5, 5.41) is 9.32. The Labute approximate surface area is 150 Å². The Kier molecular flexibility index (Phi) is 4.30. The molecule has 1 aromatic heterocycles. The smallest absolute Gasteiger partial charge is 0.234 e. The number of nitrogens with zero attached hydrogens (tertiary/aromatic N) is 4. The van der Waals surface area contributed by atoms with Gasteiger partial charge in [0.2, 0.25) is 17.5 Å². The zero-order chi connectivity index (χ0) is 16.5. The van der Waals surface area contributed by atoms with Gasteiger partial charge in [0, 0.05) is 43.1 Å². The van der Waals surface area contributed by atoms with Gasteiger partial charge in [-0.3, -0.25) is 4.90 Å². The molecule has 1 aliphatic heterocycles. The lowest BCUT2D eigenvalue weighted by Crippen LogP contribution is -2.46. The molecule has 2 heterocycles. The van der Waals surface area contributed by atoms with Crippen molar-refractivity contribution in [2.24, 2.45) is 0 Å². The molecule has 24 heavy (non-hydrogen) atoms. The fourth-order valence-corrected chi connectivity index (χ4v) is 3.34. The number of hydrogen-bond donors (Lipinski definition) is 0. The van der Waals surface area contributed by atoms with Crippen LogP contribution in [0.25, 0.3) is 0 Å². The van der Waals surface area contributed by atoms with Crippen LogP contribution in [0, 0.1) is 11.3 Å². The molecule has 0 unspecified atom stereocenters. The van der Waals surface area contributed by atoms with Crippen molar-refractivity contribution < 1.29 is 4.42 Å². The average Bonchev–Trinajstić information content (AvgIpc) is 3.37. The number of piperazine rings is 1. The second-order valence-corrected chi connectivity index (χ2v) is 7.40. The monoisotopic (exact) mass is 386 g/mol. The maximum Gasteiger partial charge on any atom is 0.234 e. The van der Waals surface area contributed by atoms with E-state index in [0.29, 0.717) is 17.5 Å². The number of halogens is 1. The molecule has 1 aliphatic carbocycles. The maximum absolute atomic E-state index is 9.32. The van der Waals surface area contributed by atoms with Crippen molar-refractivity contribution in [3.8, 4) is 6.07 Å². The van der Waals surface area contributed by atoms with Crippen LogP contribution in [0.1, 0.15) is 35.9 Å². The van der Waals surface area contributed by atoms with Crippen LogP contribution in [0.5, 0.6) is 0 Å². The van der Waals surface area contributed by atoms with Crippen molar-refractivity contribution in [3.63, 3.8) is 0 Å². The molecule has 0 spiro atoms. The molecule has 4 rings (SSSR count). The number of nitriles is 1. The van der Waals surface area contributed by atoms with Crippen molar-refractivity contribution in [1.29, 1.82) is 5.26 Å². The van der Waals surface area contributed by atoms with Gasteiger partial charge in [-0.2, -0.15) is 5.26 Å². The summed E-state index contributed by atoms with van der Waals surface area (Å²) < 4.78 is 7.01. The van der Waals surface area contributed by atoms with Gasteiger partial charge in [0.05, 0.1) is 0 Å². The summed E-state index contributed by atoms with van der Waals surface area (Å²) in [7, 11) is 0. The van der Waals surface area contributed by atoms with Crippen molar-refractivity contribution in [1.82, 2.24) is 9.88 Å². The van der Waals surface area contributed by atoms with Gasteiger partial charge in [0.15, 0.2) is 0 Å². The summed E-state index contributed by atoms with van der Waals surface area (Å²) in [6.07, 6.45) is 2.26. The minimum atomic E-state index is 0.435. The molecular weight excluding hydrogens is 368 g/mol. The van der Waals surface area contributed by atoms with E-state index in [1.165, 1.54) is 5.56 Å². The van der Waals surface area contributed by atoms with Crippen LogP contribution in [-0.4, -0.2) is 36.1 Å². The number of oxazole rings is 1. The van der Waals surface area contributed by atoms with E-state index in [1.807, 2.05) is 0 Å². The van der Waals surface area contributed by atoms with Crippen molar-refractivity contribution in [2.45, 2.75) is 25.3 Å². The van der Waals surface area contributed by atoms with Crippen molar-refractivity contribution in [3.05, 3.63) is 45.9 Å². The van der Waals surface area contributed by atoms with E-state index < -0.39 is 0 Å². The van der Waals surface area contributed by atoms with Crippen LogP contribution in [0.4, 0.5) is 5.88 Å². The van der Waals surface area contributed by atoms with Crippen LogP contribution in [0.15, 0.2) is 33.2 Å². The summed E-state index contributed by atoms with van der Waals surface area (Å²) >= 11 is 3.47. The van der Waals surface area contributed by atoms with E-state index in [9.17, 15) is 5.26 Å². The first-order valence-electron chi connectivity index (χ1n) is 8.35. The normalized spacial score (nSPS) is 18.6. The molecule has 1 saturated carbocycles. The van der Waals surface area contributed by atoms with E-state index in [0.717, 1.165) is 55.9 Å². The lowest BCUT2D eigenvalue weighted by molar-refractivity contribution is 0.245. The van der Waals surface area contributed by atoms with E-state index in [-0.39, 0.29) is 0 Å². The quantitative estimate of drug-likeness (QED) is 0.804. The molecule has 0 atom stereocenters. The standard InChI is InChI=1S/C18H19BrN4O/c19-15-5-1-13(2-6-15)12-22-7-9-23(10-8-22)18-16(11-20)21-17(24-18)14-3-4-14/h1-2,5-6,14H,3-4,7-10,12H2. The summed E-state index contributed by atoms with van der Waals surface area (Å²) in [5.74, 6) is 1.85. The van der Waals surface area contributed by atoms with E-state index >= 15 is 0 Å². The Morgan fingerprint density at radius 1 is 1.17 bits per heavy atom. The van der Waals surface area contributed by atoms with Gasteiger partial charge in [-0.05, 0) is 30.5 Å². The molecule has 5 nitrogen and oxygen atoms in total. The maximum atomic E-state index is 9.32. The van der Waals surface area contributed by atoms with Crippen LogP contribution in [-0.2, 0) is 6.54 Å². The third-order valence-electron chi connectivity index (χ3n) is 4.64. The second kappa shape index (κ2) is 6.58. The fourth-order valence-electron chi connectivity index (χ4n) is 3.08. The number of hydrogen-bond acceptors (Lipinski definition) is 5. The molecule has 1 aromatic carbocycles. The van der Waals surface area contributed by atoms with Crippen molar-refractivity contribution >= 4 is 21.8 Å². The summed E-state index contributed by atoms with van der Waals surface area (Å²) in [6.45, 7) is 4.60. The third kappa shape index (κ3) is 3.33. The summed E-state index contributed by atoms with van der Waals surface area (Å²) in [4.78, 5) is 8.97. The lowest BCUT2D eigenvalue weighted by Gasteiger charge is -2.34. The predicted octanol–water partition coefficient (Wildman–Crippen LogP) is 3.51. The van der Waals surface area contributed by atoms with Crippen LogP contribution < -0.4 is 4.90 Å².